The summed E-state index contributed by atoms with van der Waals surface area (Å²) >= 11 is 0. The number of hydrogen-bond donors (Lipinski definition) is 0. The minimum absolute atomic E-state index is 0.185. The van der Waals surface area contributed by atoms with Crippen LogP contribution in [0.15, 0.2) is 16.7 Å². The molecule has 0 radical (unpaired) electrons. The van der Waals surface area contributed by atoms with E-state index >= 15 is 0 Å². The molecule has 1 heterocycles. The molecular formula is C6H4O2. The minimum atomic E-state index is 0.185. The molecule has 0 aliphatic carbocycles. The summed E-state index contributed by atoms with van der Waals surface area (Å²) in [5.74, 6) is 1.60. The Labute approximate surface area is 45.7 Å². The first-order valence-corrected chi connectivity index (χ1v) is 2.12. The van der Waals surface area contributed by atoms with Gasteiger partial charge in [0, 0.05) is 5.22 Å². The van der Waals surface area contributed by atoms with Gasteiger partial charge in [-0.3, -0.25) is 0 Å². The second kappa shape index (κ2) is 1.68. The second-order valence-electron chi connectivity index (χ2n) is 1.38. The molecule has 1 aromatic rings. The maximum atomic E-state index is 9.83. The van der Waals surface area contributed by atoms with Crippen molar-refractivity contribution in [1.82, 2.24) is 0 Å². The van der Waals surface area contributed by atoms with E-state index in [2.05, 4.69) is 11.0 Å². The molecule has 1 rings (SSSR count). The first kappa shape index (κ1) is 4.88. The Kier molecular flexibility index (Phi) is 1.03. The van der Waals surface area contributed by atoms with Gasteiger partial charge in [-0.2, -0.15) is 0 Å². The molecule has 0 spiro atoms. The average molecular weight is 108 g/mol. The first-order chi connectivity index (χ1) is 3.84. The van der Waals surface area contributed by atoms with Gasteiger partial charge >= 0.3 is 0 Å². The van der Waals surface area contributed by atoms with Gasteiger partial charge in [0.1, 0.15) is 0 Å². The molecule has 0 aliphatic rings. The van der Waals surface area contributed by atoms with Gasteiger partial charge in [-0.25, -0.2) is 4.79 Å². The third-order valence-corrected chi connectivity index (χ3v) is 0.839. The summed E-state index contributed by atoms with van der Waals surface area (Å²) in [6.45, 7) is 3.50. The fraction of sp³-hybridized carbons (Fsp3) is 0. The van der Waals surface area contributed by atoms with E-state index in [1.165, 1.54) is 6.26 Å². The number of furan rings is 1. The topological polar surface area (TPSA) is 30.2 Å². The molecule has 0 saturated heterocycles. The highest BCUT2D eigenvalue weighted by molar-refractivity contribution is 5.42. The fourth-order valence-corrected chi connectivity index (χ4v) is 0.425. The van der Waals surface area contributed by atoms with E-state index in [0.29, 0.717) is 5.22 Å². The molecule has 1 aromatic heterocycles. The predicted molar refractivity (Wildman–Crippen MR) is 28.3 cm³/mol. The van der Waals surface area contributed by atoms with Gasteiger partial charge in [0.2, 0.25) is 5.42 Å². The zero-order chi connectivity index (χ0) is 5.98. The lowest BCUT2D eigenvalue weighted by molar-refractivity contribution is 0.512. The van der Waals surface area contributed by atoms with Crippen molar-refractivity contribution in [2.75, 3.05) is 0 Å². The predicted octanol–water partition coefficient (Wildman–Crippen LogP) is -0.807. The largest absolute Gasteiger partial charge is 0.453 e. The molecule has 2 nitrogen and oxygen atoms in total. The molecule has 0 fully saturated rings. The van der Waals surface area contributed by atoms with Gasteiger partial charge in [-0.1, -0.05) is 6.58 Å². The van der Waals surface area contributed by atoms with Crippen molar-refractivity contribution in [2.24, 2.45) is 0 Å². The van der Waals surface area contributed by atoms with Gasteiger partial charge in [0.05, 0.1) is 6.26 Å². The molecule has 0 saturated carbocycles. The standard InChI is InChI=1S/C6H4O2/c1-5-2-3-8-6(5)4-7/h2-3H,1H2. The number of carbonyl (C=O) groups excluding carboxylic acids is 1. The van der Waals surface area contributed by atoms with Crippen molar-refractivity contribution in [3.63, 3.8) is 0 Å². The van der Waals surface area contributed by atoms with Crippen molar-refractivity contribution in [1.29, 1.82) is 0 Å². The van der Waals surface area contributed by atoms with Crippen LogP contribution in [0.5, 0.6) is 0 Å². The van der Waals surface area contributed by atoms with Crippen LogP contribution in [0.2, 0.25) is 0 Å². The molecule has 2 heteroatoms. The Balaban J connectivity index is 3.81. The molecule has 0 aromatic carbocycles. The molecule has 0 amide bonds. The molecule has 0 unspecified atom stereocenters. The van der Waals surface area contributed by atoms with E-state index in [-0.39, 0.29) is 5.42 Å². The average Bonchev–Trinajstić information content (AvgIpc) is 2.14. The van der Waals surface area contributed by atoms with Gasteiger partial charge in [-0.15, -0.1) is 0 Å². The summed E-state index contributed by atoms with van der Waals surface area (Å²) in [4.78, 5) is 9.83. The van der Waals surface area contributed by atoms with E-state index < -0.39 is 0 Å². The SMILES string of the molecule is C=c1ccoc1=C=O. The Morgan fingerprint density at radius 2 is 2.50 bits per heavy atom. The van der Waals surface area contributed by atoms with E-state index in [1.54, 1.807) is 12.0 Å². The van der Waals surface area contributed by atoms with Crippen LogP contribution in [0.1, 0.15) is 0 Å². The minimum Gasteiger partial charge on any atom is -0.453 e. The number of rotatable bonds is 0. The van der Waals surface area contributed by atoms with Gasteiger partial charge < -0.3 is 4.42 Å². The van der Waals surface area contributed by atoms with Crippen molar-refractivity contribution in [3.8, 4) is 0 Å². The van der Waals surface area contributed by atoms with Crippen LogP contribution >= 0.6 is 0 Å². The monoisotopic (exact) mass is 108 g/mol. The van der Waals surface area contributed by atoms with Crippen LogP contribution in [-0.4, -0.2) is 5.94 Å². The summed E-state index contributed by atoms with van der Waals surface area (Å²) < 4.78 is 4.63. The maximum Gasteiger partial charge on any atom is 0.216 e. The lowest BCUT2D eigenvalue weighted by Crippen LogP contribution is -2.18. The highest BCUT2D eigenvalue weighted by atomic mass is 16.3. The second-order valence-corrected chi connectivity index (χ2v) is 1.38. The molecular weight excluding hydrogens is 104 g/mol. The molecule has 0 bridgehead atoms. The summed E-state index contributed by atoms with van der Waals surface area (Å²) in [5, 5.41) is 0.583. The van der Waals surface area contributed by atoms with Crippen molar-refractivity contribution >= 4 is 12.5 Å². The van der Waals surface area contributed by atoms with Crippen molar-refractivity contribution < 1.29 is 9.21 Å². The Morgan fingerprint density at radius 1 is 1.75 bits per heavy atom. The van der Waals surface area contributed by atoms with Crippen molar-refractivity contribution in [3.05, 3.63) is 23.0 Å². The highest BCUT2D eigenvalue weighted by Crippen LogP contribution is 1.61. The van der Waals surface area contributed by atoms with Crippen LogP contribution in [0, 0.1) is 0 Å². The maximum absolute atomic E-state index is 9.83. The molecule has 0 N–H and O–H groups in total. The van der Waals surface area contributed by atoms with E-state index in [9.17, 15) is 4.79 Å². The van der Waals surface area contributed by atoms with E-state index in [4.69, 9.17) is 0 Å². The van der Waals surface area contributed by atoms with Crippen LogP contribution in [0.3, 0.4) is 0 Å². The van der Waals surface area contributed by atoms with Crippen LogP contribution < -0.4 is 10.6 Å². The first-order valence-electron chi connectivity index (χ1n) is 2.12. The Bertz CT molecular complexity index is 291. The third-order valence-electron chi connectivity index (χ3n) is 0.839. The van der Waals surface area contributed by atoms with Crippen LogP contribution in [-0.2, 0) is 4.79 Å². The smallest absolute Gasteiger partial charge is 0.216 e. The molecule has 0 aliphatic heterocycles. The van der Waals surface area contributed by atoms with Gasteiger partial charge in [0.15, 0.2) is 5.94 Å². The lowest BCUT2D eigenvalue weighted by atomic mass is 10.5. The van der Waals surface area contributed by atoms with E-state index in [0.717, 1.165) is 0 Å². The van der Waals surface area contributed by atoms with Gasteiger partial charge in [0.25, 0.3) is 0 Å². The molecule has 0 atom stereocenters. The quantitative estimate of drug-likeness (QED) is 0.435. The fourth-order valence-electron chi connectivity index (χ4n) is 0.425. The molecule has 8 heavy (non-hydrogen) atoms. The zero-order valence-electron chi connectivity index (χ0n) is 4.18. The van der Waals surface area contributed by atoms with Crippen molar-refractivity contribution in [2.45, 2.75) is 0 Å². The summed E-state index contributed by atoms with van der Waals surface area (Å²) in [6, 6.07) is 1.61. The van der Waals surface area contributed by atoms with Gasteiger partial charge in [-0.05, 0) is 6.07 Å². The van der Waals surface area contributed by atoms with Crippen LogP contribution in [0.4, 0.5) is 0 Å². The highest BCUT2D eigenvalue weighted by Gasteiger charge is 1.80. The molecule has 40 valence electrons. The summed E-state index contributed by atoms with van der Waals surface area (Å²) in [5.41, 5.74) is 0.185. The number of hydrogen-bond acceptors (Lipinski definition) is 2. The normalized spacial score (nSPS) is 8.50. The Hall–Kier alpha value is -1.27. The Morgan fingerprint density at radius 3 is 2.75 bits per heavy atom. The summed E-state index contributed by atoms with van der Waals surface area (Å²) in [7, 11) is 0. The van der Waals surface area contributed by atoms with E-state index in [1.807, 2.05) is 0 Å². The summed E-state index contributed by atoms with van der Waals surface area (Å²) in [6.07, 6.45) is 1.41. The third kappa shape index (κ3) is 0.572. The van der Waals surface area contributed by atoms with Crippen LogP contribution in [0.25, 0.3) is 6.58 Å². The lowest BCUT2D eigenvalue weighted by Gasteiger charge is -1.59. The zero-order valence-corrected chi connectivity index (χ0v) is 4.18.